The third-order valence-corrected chi connectivity index (χ3v) is 7.05. The van der Waals surface area contributed by atoms with Crippen molar-refractivity contribution in [3.8, 4) is 0 Å². The molecule has 0 atom stereocenters. The summed E-state index contributed by atoms with van der Waals surface area (Å²) in [6.07, 6.45) is 0. The van der Waals surface area contributed by atoms with Gasteiger partial charge < -0.3 is 9.80 Å². The first kappa shape index (κ1) is 19.7. The molecular formula is C23H27N3O2S. The Hall–Kier alpha value is -2.57. The highest BCUT2D eigenvalue weighted by Crippen LogP contribution is 2.33. The molecule has 1 saturated heterocycles. The van der Waals surface area contributed by atoms with Gasteiger partial charge in [-0.3, -0.25) is 4.72 Å². The van der Waals surface area contributed by atoms with Crippen molar-refractivity contribution in [1.29, 1.82) is 0 Å². The number of nitrogens with one attached hydrogen (secondary N) is 1. The van der Waals surface area contributed by atoms with Gasteiger partial charge in [0.05, 0.1) is 4.90 Å². The van der Waals surface area contributed by atoms with E-state index < -0.39 is 10.0 Å². The second kappa shape index (κ2) is 8.05. The van der Waals surface area contributed by atoms with E-state index in [1.165, 1.54) is 0 Å². The number of aryl methyl sites for hydroxylation is 1. The van der Waals surface area contributed by atoms with Gasteiger partial charge in [0.25, 0.3) is 10.0 Å². The Balaban J connectivity index is 1.70. The van der Waals surface area contributed by atoms with E-state index >= 15 is 0 Å². The van der Waals surface area contributed by atoms with Crippen LogP contribution in [-0.4, -0.2) is 46.0 Å². The van der Waals surface area contributed by atoms with Crippen molar-refractivity contribution in [2.45, 2.75) is 18.7 Å². The van der Waals surface area contributed by atoms with Gasteiger partial charge in [-0.15, -0.1) is 0 Å². The Morgan fingerprint density at radius 3 is 2.17 bits per heavy atom. The van der Waals surface area contributed by atoms with Gasteiger partial charge in [0.2, 0.25) is 0 Å². The molecule has 6 heteroatoms. The summed E-state index contributed by atoms with van der Waals surface area (Å²) in [6, 6.07) is 18.8. The maximum absolute atomic E-state index is 13.1. The summed E-state index contributed by atoms with van der Waals surface area (Å²) in [6.45, 7) is 9.18. The van der Waals surface area contributed by atoms with Gasteiger partial charge in [-0.05, 0) is 37.7 Å². The van der Waals surface area contributed by atoms with Crippen LogP contribution in [0.4, 0.5) is 11.4 Å². The third kappa shape index (κ3) is 4.09. The zero-order chi connectivity index (χ0) is 20.4. The molecule has 3 aromatic carbocycles. The van der Waals surface area contributed by atoms with Gasteiger partial charge in [-0.1, -0.05) is 48.9 Å². The molecule has 0 aliphatic carbocycles. The molecule has 5 nitrogen and oxygen atoms in total. The molecule has 0 bridgehead atoms. The second-order valence-corrected chi connectivity index (χ2v) is 9.17. The number of rotatable bonds is 5. The normalized spacial score (nSPS) is 15.6. The number of fused-ring (bicyclic) bond motifs is 1. The molecule has 1 aliphatic rings. The van der Waals surface area contributed by atoms with E-state index in [0.717, 1.165) is 54.7 Å². The maximum Gasteiger partial charge on any atom is 0.262 e. The van der Waals surface area contributed by atoms with Gasteiger partial charge in [0.15, 0.2) is 0 Å². The van der Waals surface area contributed by atoms with Crippen molar-refractivity contribution in [2.24, 2.45) is 0 Å². The Labute approximate surface area is 173 Å². The van der Waals surface area contributed by atoms with Crippen LogP contribution in [0.5, 0.6) is 0 Å². The minimum Gasteiger partial charge on any atom is -0.368 e. The quantitative estimate of drug-likeness (QED) is 0.690. The monoisotopic (exact) mass is 409 g/mol. The Morgan fingerprint density at radius 2 is 1.52 bits per heavy atom. The second-order valence-electron chi connectivity index (χ2n) is 7.52. The first-order chi connectivity index (χ1) is 14.0. The highest BCUT2D eigenvalue weighted by molar-refractivity contribution is 7.93. The lowest BCUT2D eigenvalue weighted by molar-refractivity contribution is 0.271. The van der Waals surface area contributed by atoms with Crippen LogP contribution in [0.25, 0.3) is 10.8 Å². The molecule has 0 unspecified atom stereocenters. The number of nitrogens with zero attached hydrogens (tertiary/aromatic N) is 2. The van der Waals surface area contributed by atoms with Gasteiger partial charge >= 0.3 is 0 Å². The summed E-state index contributed by atoms with van der Waals surface area (Å²) in [5.74, 6) is 0. The number of hydrogen-bond donors (Lipinski definition) is 1. The van der Waals surface area contributed by atoms with Crippen LogP contribution < -0.4 is 9.62 Å². The SMILES string of the molecule is CCN1CCN(c2ccc(S(=O)(=O)Nc3ccc(C)cc3)c3ccccc23)CC1. The van der Waals surface area contributed by atoms with Gasteiger partial charge in [-0.25, -0.2) is 8.42 Å². The highest BCUT2D eigenvalue weighted by Gasteiger charge is 2.22. The molecule has 0 amide bonds. The minimum absolute atomic E-state index is 0.310. The predicted octanol–water partition coefficient (Wildman–Crippen LogP) is 4.09. The summed E-state index contributed by atoms with van der Waals surface area (Å²) in [7, 11) is -3.69. The summed E-state index contributed by atoms with van der Waals surface area (Å²) >= 11 is 0. The lowest BCUT2D eigenvalue weighted by atomic mass is 10.1. The van der Waals surface area contributed by atoms with Gasteiger partial charge in [0, 0.05) is 48.3 Å². The van der Waals surface area contributed by atoms with E-state index in [2.05, 4.69) is 21.4 Å². The number of likely N-dealkylation sites (N-methyl/N-ethyl adjacent to an activating group) is 1. The van der Waals surface area contributed by atoms with Crippen molar-refractivity contribution in [3.63, 3.8) is 0 Å². The van der Waals surface area contributed by atoms with Crippen molar-refractivity contribution in [1.82, 2.24) is 4.90 Å². The Morgan fingerprint density at radius 1 is 0.862 bits per heavy atom. The molecule has 1 heterocycles. The molecule has 1 N–H and O–H groups in total. The minimum atomic E-state index is -3.69. The zero-order valence-corrected chi connectivity index (χ0v) is 17.7. The summed E-state index contributed by atoms with van der Waals surface area (Å²) in [5.41, 5.74) is 2.76. The molecule has 29 heavy (non-hydrogen) atoms. The van der Waals surface area contributed by atoms with Crippen molar-refractivity contribution < 1.29 is 8.42 Å². The molecule has 0 aromatic heterocycles. The molecule has 3 aromatic rings. The van der Waals surface area contributed by atoms with Gasteiger partial charge in [0.1, 0.15) is 0 Å². The van der Waals surface area contributed by atoms with E-state index in [1.54, 1.807) is 18.2 Å². The van der Waals surface area contributed by atoms with E-state index in [-0.39, 0.29) is 0 Å². The number of anilines is 2. The van der Waals surface area contributed by atoms with Crippen LogP contribution >= 0.6 is 0 Å². The Bertz CT molecular complexity index is 1100. The molecule has 0 spiro atoms. The summed E-state index contributed by atoms with van der Waals surface area (Å²) in [4.78, 5) is 5.10. The van der Waals surface area contributed by atoms with E-state index in [1.807, 2.05) is 49.4 Å². The topological polar surface area (TPSA) is 52.7 Å². The van der Waals surface area contributed by atoms with Crippen molar-refractivity contribution in [2.75, 3.05) is 42.3 Å². The smallest absolute Gasteiger partial charge is 0.262 e. The molecule has 1 aliphatic heterocycles. The number of piperazine rings is 1. The average Bonchev–Trinajstić information content (AvgIpc) is 2.74. The van der Waals surface area contributed by atoms with Crippen LogP contribution in [0.1, 0.15) is 12.5 Å². The third-order valence-electron chi connectivity index (χ3n) is 5.61. The molecule has 4 rings (SSSR count). The van der Waals surface area contributed by atoms with Gasteiger partial charge in [-0.2, -0.15) is 0 Å². The highest BCUT2D eigenvalue weighted by atomic mass is 32.2. The zero-order valence-electron chi connectivity index (χ0n) is 16.9. The lowest BCUT2D eigenvalue weighted by Gasteiger charge is -2.36. The van der Waals surface area contributed by atoms with Crippen LogP contribution in [-0.2, 0) is 10.0 Å². The first-order valence-electron chi connectivity index (χ1n) is 10.1. The van der Waals surface area contributed by atoms with E-state index in [9.17, 15) is 8.42 Å². The fourth-order valence-corrected chi connectivity index (χ4v) is 5.17. The number of benzene rings is 3. The fourth-order valence-electron chi connectivity index (χ4n) is 3.90. The standard InChI is InChI=1S/C23H27N3O2S/c1-3-25-14-16-26(17-15-25)22-12-13-23(21-7-5-4-6-20(21)22)29(27,28)24-19-10-8-18(2)9-11-19/h4-13,24H,3,14-17H2,1-2H3. The summed E-state index contributed by atoms with van der Waals surface area (Å²) in [5, 5.41) is 1.73. The van der Waals surface area contributed by atoms with Crippen LogP contribution in [0.3, 0.4) is 0 Å². The van der Waals surface area contributed by atoms with Crippen LogP contribution in [0, 0.1) is 6.92 Å². The van der Waals surface area contributed by atoms with E-state index in [0.29, 0.717) is 10.6 Å². The average molecular weight is 410 g/mol. The molecule has 0 radical (unpaired) electrons. The Kier molecular flexibility index (Phi) is 5.48. The van der Waals surface area contributed by atoms with Crippen LogP contribution in [0.15, 0.2) is 65.6 Å². The number of sulfonamides is 1. The molecule has 152 valence electrons. The largest absolute Gasteiger partial charge is 0.368 e. The predicted molar refractivity (Wildman–Crippen MR) is 120 cm³/mol. The number of hydrogen-bond acceptors (Lipinski definition) is 4. The molecule has 1 fully saturated rings. The molecular weight excluding hydrogens is 382 g/mol. The van der Waals surface area contributed by atoms with Crippen molar-refractivity contribution in [3.05, 3.63) is 66.2 Å². The van der Waals surface area contributed by atoms with Crippen LogP contribution in [0.2, 0.25) is 0 Å². The lowest BCUT2D eigenvalue weighted by Crippen LogP contribution is -2.46. The molecule has 0 saturated carbocycles. The fraction of sp³-hybridized carbons (Fsp3) is 0.304. The van der Waals surface area contributed by atoms with Crippen molar-refractivity contribution >= 4 is 32.2 Å². The maximum atomic E-state index is 13.1. The summed E-state index contributed by atoms with van der Waals surface area (Å²) < 4.78 is 29.0. The van der Waals surface area contributed by atoms with E-state index in [4.69, 9.17) is 0 Å². The first-order valence-corrected chi connectivity index (χ1v) is 11.5.